The van der Waals surface area contributed by atoms with Crippen LogP contribution < -0.4 is 4.90 Å². The summed E-state index contributed by atoms with van der Waals surface area (Å²) in [5.74, 6) is 1.35. The van der Waals surface area contributed by atoms with Gasteiger partial charge in [-0.2, -0.15) is 0 Å². The fourth-order valence-corrected chi connectivity index (χ4v) is 4.17. The molecule has 4 nitrogen and oxygen atoms in total. The van der Waals surface area contributed by atoms with Gasteiger partial charge in [0.2, 0.25) is 0 Å². The molecule has 0 unspecified atom stereocenters. The minimum atomic E-state index is -0.0445. The van der Waals surface area contributed by atoms with Crippen LogP contribution in [-0.2, 0) is 4.74 Å². The van der Waals surface area contributed by atoms with Crippen LogP contribution in [0, 0.1) is 18.3 Å². The second-order valence-electron chi connectivity index (χ2n) is 6.88. The lowest BCUT2D eigenvalue weighted by Gasteiger charge is -2.36. The number of aromatic nitrogens is 1. The van der Waals surface area contributed by atoms with Crippen LogP contribution in [-0.4, -0.2) is 43.0 Å². The monoisotopic (exact) mass is 332 g/mol. The van der Waals surface area contributed by atoms with Crippen molar-refractivity contribution in [3.8, 4) is 0 Å². The lowest BCUT2D eigenvalue weighted by Crippen LogP contribution is -2.41. The zero-order valence-electron chi connectivity index (χ0n) is 13.3. The van der Waals surface area contributed by atoms with Crippen molar-refractivity contribution in [2.45, 2.75) is 13.3 Å². The molecule has 1 aromatic carbocycles. The normalized spacial score (nSPS) is 27.4. The average molecular weight is 333 g/mol. The van der Waals surface area contributed by atoms with Gasteiger partial charge in [0.1, 0.15) is 5.82 Å². The van der Waals surface area contributed by atoms with Gasteiger partial charge in [0.15, 0.2) is 0 Å². The van der Waals surface area contributed by atoms with Gasteiger partial charge in [0.25, 0.3) is 0 Å². The van der Waals surface area contributed by atoms with Crippen molar-refractivity contribution in [2.24, 2.45) is 11.3 Å². The minimum Gasteiger partial charge on any atom is -0.396 e. The molecule has 0 saturated carbocycles. The number of anilines is 1. The molecular formula is C18H21ClN2O2. The Morgan fingerprint density at radius 1 is 1.43 bits per heavy atom. The Morgan fingerprint density at radius 2 is 2.30 bits per heavy atom. The molecule has 0 amide bonds. The first-order valence-corrected chi connectivity index (χ1v) is 8.50. The predicted octanol–water partition coefficient (Wildman–Crippen LogP) is 3.03. The summed E-state index contributed by atoms with van der Waals surface area (Å²) in [5.41, 5.74) is 2.08. The van der Waals surface area contributed by atoms with Gasteiger partial charge in [-0.25, -0.2) is 4.98 Å². The van der Waals surface area contributed by atoms with E-state index in [0.29, 0.717) is 10.9 Å². The van der Waals surface area contributed by atoms with Crippen LogP contribution in [0.2, 0.25) is 5.02 Å². The molecule has 0 radical (unpaired) electrons. The summed E-state index contributed by atoms with van der Waals surface area (Å²) in [6, 6.07) is 7.98. The van der Waals surface area contributed by atoms with Crippen molar-refractivity contribution in [1.29, 1.82) is 0 Å². The molecule has 2 aromatic rings. The number of benzene rings is 1. The predicted molar refractivity (Wildman–Crippen MR) is 92.1 cm³/mol. The number of fused-ring (bicyclic) bond motifs is 2. The van der Waals surface area contributed by atoms with Crippen molar-refractivity contribution < 1.29 is 9.84 Å². The maximum Gasteiger partial charge on any atom is 0.129 e. The SMILES string of the molecule is Cc1cc(N2C[C@@H]3COCC[C@]3(CO)C2)nc2cc(Cl)ccc12. The zero-order chi connectivity index (χ0) is 16.0. The molecule has 2 aliphatic heterocycles. The van der Waals surface area contributed by atoms with E-state index in [1.54, 1.807) is 0 Å². The maximum atomic E-state index is 9.96. The Kier molecular flexibility index (Phi) is 3.71. The number of hydrogen-bond donors (Lipinski definition) is 1. The zero-order valence-corrected chi connectivity index (χ0v) is 14.0. The number of nitrogens with zero attached hydrogens (tertiary/aromatic N) is 2. The molecular weight excluding hydrogens is 312 g/mol. The molecule has 2 atom stereocenters. The van der Waals surface area contributed by atoms with Crippen molar-refractivity contribution in [3.05, 3.63) is 34.9 Å². The minimum absolute atomic E-state index is 0.0445. The Labute approximate surface area is 141 Å². The number of hydrogen-bond acceptors (Lipinski definition) is 4. The molecule has 0 bridgehead atoms. The topological polar surface area (TPSA) is 45.6 Å². The highest BCUT2D eigenvalue weighted by atomic mass is 35.5. The molecule has 2 fully saturated rings. The quantitative estimate of drug-likeness (QED) is 0.918. The van der Waals surface area contributed by atoms with Crippen molar-refractivity contribution in [3.63, 3.8) is 0 Å². The number of aryl methyl sites for hydroxylation is 1. The van der Waals surface area contributed by atoms with Crippen LogP contribution in [0.4, 0.5) is 5.82 Å². The Morgan fingerprint density at radius 3 is 3.09 bits per heavy atom. The van der Waals surface area contributed by atoms with E-state index in [9.17, 15) is 5.11 Å². The van der Waals surface area contributed by atoms with Gasteiger partial charge in [0.05, 0.1) is 18.7 Å². The van der Waals surface area contributed by atoms with E-state index in [1.165, 1.54) is 5.56 Å². The second-order valence-corrected chi connectivity index (χ2v) is 7.32. The third-order valence-corrected chi connectivity index (χ3v) is 5.72. The molecule has 23 heavy (non-hydrogen) atoms. The maximum absolute atomic E-state index is 9.96. The average Bonchev–Trinajstić information content (AvgIpc) is 2.94. The largest absolute Gasteiger partial charge is 0.396 e. The van der Waals surface area contributed by atoms with Crippen LogP contribution in [0.3, 0.4) is 0 Å². The standard InChI is InChI=1S/C18H21ClN2O2/c1-12-6-17(20-16-7-14(19)2-3-15(12)16)21-8-13-9-23-5-4-18(13,10-21)11-22/h2-3,6-7,13,22H,4-5,8-11H2,1H3/t13-,18-/m1/s1. The first kappa shape index (κ1) is 15.2. The van der Waals surface area contributed by atoms with Crippen molar-refractivity contribution >= 4 is 28.3 Å². The van der Waals surface area contributed by atoms with Gasteiger partial charge in [-0.05, 0) is 37.1 Å². The van der Waals surface area contributed by atoms with E-state index in [2.05, 4.69) is 17.9 Å². The van der Waals surface area contributed by atoms with Crippen LogP contribution in [0.5, 0.6) is 0 Å². The van der Waals surface area contributed by atoms with Crippen molar-refractivity contribution in [2.75, 3.05) is 37.8 Å². The van der Waals surface area contributed by atoms with Gasteiger partial charge in [0, 0.05) is 41.4 Å². The lowest BCUT2D eigenvalue weighted by atomic mass is 9.75. The van der Waals surface area contributed by atoms with Gasteiger partial charge in [-0.15, -0.1) is 0 Å². The van der Waals surface area contributed by atoms with Gasteiger partial charge >= 0.3 is 0 Å². The molecule has 2 aliphatic rings. The molecule has 2 saturated heterocycles. The Hall–Kier alpha value is -1.36. The molecule has 0 spiro atoms. The summed E-state index contributed by atoms with van der Waals surface area (Å²) in [7, 11) is 0. The molecule has 1 aromatic heterocycles. The van der Waals surface area contributed by atoms with E-state index in [4.69, 9.17) is 21.3 Å². The first-order chi connectivity index (χ1) is 11.1. The lowest BCUT2D eigenvalue weighted by molar-refractivity contribution is -0.0410. The van der Waals surface area contributed by atoms with E-state index in [0.717, 1.165) is 49.4 Å². The number of rotatable bonds is 2. The first-order valence-electron chi connectivity index (χ1n) is 8.12. The van der Waals surface area contributed by atoms with Crippen LogP contribution in [0.1, 0.15) is 12.0 Å². The Bertz CT molecular complexity index is 751. The summed E-state index contributed by atoms with van der Waals surface area (Å²) in [6.45, 7) is 5.53. The fourth-order valence-electron chi connectivity index (χ4n) is 4.00. The second kappa shape index (κ2) is 5.62. The number of aliphatic hydroxyl groups is 1. The summed E-state index contributed by atoms with van der Waals surface area (Å²) < 4.78 is 5.63. The van der Waals surface area contributed by atoms with E-state index in [1.807, 2.05) is 18.2 Å². The van der Waals surface area contributed by atoms with Crippen molar-refractivity contribution in [1.82, 2.24) is 4.98 Å². The third kappa shape index (κ3) is 2.49. The fraction of sp³-hybridized carbons (Fsp3) is 0.500. The number of pyridine rings is 1. The van der Waals surface area contributed by atoms with E-state index < -0.39 is 0 Å². The van der Waals surface area contributed by atoms with Crippen LogP contribution >= 0.6 is 11.6 Å². The van der Waals surface area contributed by atoms with Gasteiger partial charge in [-0.3, -0.25) is 0 Å². The highest BCUT2D eigenvalue weighted by Crippen LogP contribution is 2.43. The highest BCUT2D eigenvalue weighted by Gasteiger charge is 2.48. The molecule has 5 heteroatoms. The third-order valence-electron chi connectivity index (χ3n) is 5.48. The molecule has 0 aliphatic carbocycles. The van der Waals surface area contributed by atoms with Gasteiger partial charge in [-0.1, -0.05) is 17.7 Å². The summed E-state index contributed by atoms with van der Waals surface area (Å²) in [6.07, 6.45) is 0.920. The van der Waals surface area contributed by atoms with Crippen LogP contribution in [0.25, 0.3) is 10.9 Å². The smallest absolute Gasteiger partial charge is 0.129 e. The summed E-state index contributed by atoms with van der Waals surface area (Å²) in [5, 5.41) is 11.8. The van der Waals surface area contributed by atoms with Crippen LogP contribution in [0.15, 0.2) is 24.3 Å². The number of ether oxygens (including phenoxy) is 1. The Balaban J connectivity index is 1.72. The summed E-state index contributed by atoms with van der Waals surface area (Å²) >= 11 is 6.12. The molecule has 1 N–H and O–H groups in total. The molecule has 4 rings (SSSR count). The van der Waals surface area contributed by atoms with E-state index >= 15 is 0 Å². The molecule has 3 heterocycles. The number of aliphatic hydroxyl groups excluding tert-OH is 1. The number of halogens is 1. The van der Waals surface area contributed by atoms with Gasteiger partial charge < -0.3 is 14.7 Å². The summed E-state index contributed by atoms with van der Waals surface area (Å²) in [4.78, 5) is 7.12. The molecule has 122 valence electrons. The van der Waals surface area contributed by atoms with E-state index in [-0.39, 0.29) is 12.0 Å². The highest BCUT2D eigenvalue weighted by molar-refractivity contribution is 6.31.